The molecule has 0 unspecified atom stereocenters. The molecule has 0 radical (unpaired) electrons. The molecule has 0 atom stereocenters. The summed E-state index contributed by atoms with van der Waals surface area (Å²) < 4.78 is 47.3. The fourth-order valence-corrected chi connectivity index (χ4v) is 2.37. The summed E-state index contributed by atoms with van der Waals surface area (Å²) in [4.78, 5) is 23.2. The van der Waals surface area contributed by atoms with E-state index in [0.717, 1.165) is 23.0 Å². The number of methoxy groups -OCH3 is 2. The lowest BCUT2D eigenvalue weighted by Crippen LogP contribution is -2.24. The molecule has 2 aromatic rings. The molecule has 0 aliphatic heterocycles. The largest absolute Gasteiger partial charge is 0.480 e. The third-order valence-electron chi connectivity index (χ3n) is 2.63. The topological polar surface area (TPSA) is 86.2 Å². The van der Waals surface area contributed by atoms with Gasteiger partial charge < -0.3 is 14.8 Å². The summed E-state index contributed by atoms with van der Waals surface area (Å²) >= 11 is 0.794. The number of ether oxygens (including phenoxy) is 2. The average Bonchev–Trinajstić information content (AvgIpc) is 3.00. The molecule has 124 valence electrons. The third-order valence-corrected chi connectivity index (χ3v) is 3.48. The number of carbonyl (C=O) groups is 1. The molecule has 2 aromatic heterocycles. The second-order valence-corrected chi connectivity index (χ2v) is 5.02. The van der Waals surface area contributed by atoms with Crippen molar-refractivity contribution in [3.8, 4) is 11.8 Å². The SMILES string of the molecule is COc1ncnc(OC)c1C(=O)NCc1nc(C(F)(F)F)cs1. The van der Waals surface area contributed by atoms with E-state index in [1.54, 1.807) is 0 Å². The van der Waals surface area contributed by atoms with Gasteiger partial charge in [-0.25, -0.2) is 15.0 Å². The Hall–Kier alpha value is -2.43. The molecular formula is C12H11F3N4O3S. The lowest BCUT2D eigenvalue weighted by Gasteiger charge is -2.10. The minimum Gasteiger partial charge on any atom is -0.480 e. The average molecular weight is 348 g/mol. The van der Waals surface area contributed by atoms with Crippen molar-refractivity contribution >= 4 is 17.2 Å². The molecule has 0 aliphatic carbocycles. The molecule has 2 heterocycles. The van der Waals surface area contributed by atoms with Crippen LogP contribution in [0.25, 0.3) is 0 Å². The Morgan fingerprint density at radius 2 is 1.87 bits per heavy atom. The van der Waals surface area contributed by atoms with Gasteiger partial charge in [-0.3, -0.25) is 4.79 Å². The Balaban J connectivity index is 2.13. The number of aromatic nitrogens is 3. The number of thiazole rings is 1. The molecule has 0 fully saturated rings. The van der Waals surface area contributed by atoms with E-state index >= 15 is 0 Å². The molecule has 2 rings (SSSR count). The monoisotopic (exact) mass is 348 g/mol. The van der Waals surface area contributed by atoms with E-state index < -0.39 is 17.8 Å². The molecule has 1 N–H and O–H groups in total. The van der Waals surface area contributed by atoms with E-state index in [9.17, 15) is 18.0 Å². The van der Waals surface area contributed by atoms with Crippen LogP contribution >= 0.6 is 11.3 Å². The van der Waals surface area contributed by atoms with Crippen LogP contribution in [-0.2, 0) is 12.7 Å². The minimum atomic E-state index is -4.52. The Labute approximate surface area is 132 Å². The van der Waals surface area contributed by atoms with Gasteiger partial charge in [0.25, 0.3) is 5.91 Å². The first kappa shape index (κ1) is 16.9. The first-order valence-corrected chi connectivity index (χ1v) is 6.97. The highest BCUT2D eigenvalue weighted by atomic mass is 32.1. The van der Waals surface area contributed by atoms with Crippen LogP contribution in [0.1, 0.15) is 21.1 Å². The molecule has 0 spiro atoms. The quantitative estimate of drug-likeness (QED) is 0.888. The maximum atomic E-state index is 12.5. The maximum Gasteiger partial charge on any atom is 0.434 e. The lowest BCUT2D eigenvalue weighted by molar-refractivity contribution is -0.140. The van der Waals surface area contributed by atoms with Crippen LogP contribution in [0.2, 0.25) is 0 Å². The predicted octanol–water partition coefficient (Wildman–Crippen LogP) is 1.90. The van der Waals surface area contributed by atoms with Crippen molar-refractivity contribution in [2.45, 2.75) is 12.7 Å². The highest BCUT2D eigenvalue weighted by Gasteiger charge is 2.33. The van der Waals surface area contributed by atoms with Gasteiger partial charge in [-0.15, -0.1) is 11.3 Å². The van der Waals surface area contributed by atoms with Gasteiger partial charge in [0.2, 0.25) is 11.8 Å². The van der Waals surface area contributed by atoms with Crippen molar-refractivity contribution in [1.29, 1.82) is 0 Å². The molecular weight excluding hydrogens is 337 g/mol. The molecule has 11 heteroatoms. The van der Waals surface area contributed by atoms with Crippen molar-refractivity contribution in [3.63, 3.8) is 0 Å². The Bertz CT molecular complexity index is 683. The molecule has 0 saturated carbocycles. The van der Waals surface area contributed by atoms with E-state index in [1.807, 2.05) is 0 Å². The minimum absolute atomic E-state index is 0.00975. The maximum absolute atomic E-state index is 12.5. The van der Waals surface area contributed by atoms with Gasteiger partial charge >= 0.3 is 6.18 Å². The van der Waals surface area contributed by atoms with Crippen LogP contribution in [-0.4, -0.2) is 35.1 Å². The van der Waals surface area contributed by atoms with Gasteiger partial charge in [-0.1, -0.05) is 0 Å². The molecule has 0 saturated heterocycles. The number of hydrogen-bond donors (Lipinski definition) is 1. The third kappa shape index (κ3) is 3.86. The van der Waals surface area contributed by atoms with Crippen molar-refractivity contribution in [2.24, 2.45) is 0 Å². The number of amides is 1. The number of carbonyl (C=O) groups excluding carboxylic acids is 1. The smallest absolute Gasteiger partial charge is 0.434 e. The van der Waals surface area contributed by atoms with Crippen LogP contribution in [0.3, 0.4) is 0 Å². The van der Waals surface area contributed by atoms with Gasteiger partial charge in [-0.05, 0) is 0 Å². The number of halogens is 3. The number of nitrogens with one attached hydrogen (secondary N) is 1. The first-order chi connectivity index (χ1) is 10.9. The first-order valence-electron chi connectivity index (χ1n) is 6.09. The van der Waals surface area contributed by atoms with Crippen molar-refractivity contribution in [2.75, 3.05) is 14.2 Å². The second-order valence-electron chi connectivity index (χ2n) is 4.07. The lowest BCUT2D eigenvalue weighted by atomic mass is 10.3. The van der Waals surface area contributed by atoms with Crippen molar-refractivity contribution < 1.29 is 27.4 Å². The summed E-state index contributed by atoms with van der Waals surface area (Å²) in [6.45, 7) is -0.180. The summed E-state index contributed by atoms with van der Waals surface area (Å²) in [5.41, 5.74) is -1.05. The Morgan fingerprint density at radius 3 is 2.35 bits per heavy atom. The summed E-state index contributed by atoms with van der Waals surface area (Å²) in [6, 6.07) is 0. The highest BCUT2D eigenvalue weighted by Crippen LogP contribution is 2.30. The van der Waals surface area contributed by atoms with Crippen LogP contribution < -0.4 is 14.8 Å². The summed E-state index contributed by atoms with van der Waals surface area (Å²) in [7, 11) is 2.63. The molecule has 7 nitrogen and oxygen atoms in total. The van der Waals surface area contributed by atoms with E-state index in [2.05, 4.69) is 20.3 Å². The van der Waals surface area contributed by atoms with Crippen molar-refractivity contribution in [3.05, 3.63) is 28.0 Å². The number of rotatable bonds is 5. The van der Waals surface area contributed by atoms with Crippen LogP contribution in [0, 0.1) is 0 Å². The van der Waals surface area contributed by atoms with Crippen molar-refractivity contribution in [1.82, 2.24) is 20.3 Å². The Kier molecular flexibility index (Phi) is 4.98. The van der Waals surface area contributed by atoms with Crippen LogP contribution in [0.4, 0.5) is 13.2 Å². The molecule has 23 heavy (non-hydrogen) atoms. The molecule has 1 amide bonds. The van der Waals surface area contributed by atoms with Gasteiger partial charge in [0.05, 0.1) is 20.8 Å². The number of nitrogens with zero attached hydrogens (tertiary/aromatic N) is 3. The zero-order valence-electron chi connectivity index (χ0n) is 12.0. The van der Waals surface area contributed by atoms with Gasteiger partial charge in [-0.2, -0.15) is 13.2 Å². The van der Waals surface area contributed by atoms with E-state index in [0.29, 0.717) is 0 Å². The zero-order chi connectivity index (χ0) is 17.0. The molecule has 0 aliphatic rings. The van der Waals surface area contributed by atoms with E-state index in [-0.39, 0.29) is 28.9 Å². The number of hydrogen-bond acceptors (Lipinski definition) is 7. The van der Waals surface area contributed by atoms with Gasteiger partial charge in [0.1, 0.15) is 11.3 Å². The van der Waals surface area contributed by atoms with Gasteiger partial charge in [0.15, 0.2) is 11.3 Å². The predicted molar refractivity (Wildman–Crippen MR) is 73.4 cm³/mol. The highest BCUT2D eigenvalue weighted by molar-refractivity contribution is 7.09. The van der Waals surface area contributed by atoms with E-state index in [4.69, 9.17) is 9.47 Å². The fraction of sp³-hybridized carbons (Fsp3) is 0.333. The van der Waals surface area contributed by atoms with Crippen LogP contribution in [0.5, 0.6) is 11.8 Å². The standard InChI is InChI=1S/C12H11F3N4O3S/c1-21-10-8(11(22-2)18-5-17-10)9(20)16-3-7-19-6(4-23-7)12(13,14)15/h4-5H,3H2,1-2H3,(H,16,20). The zero-order valence-corrected chi connectivity index (χ0v) is 12.8. The summed E-state index contributed by atoms with van der Waals surface area (Å²) in [5, 5.41) is 3.43. The van der Waals surface area contributed by atoms with E-state index in [1.165, 1.54) is 14.2 Å². The number of alkyl halides is 3. The normalized spacial score (nSPS) is 11.2. The molecule has 0 aromatic carbocycles. The molecule has 0 bridgehead atoms. The van der Waals surface area contributed by atoms with Crippen LogP contribution in [0.15, 0.2) is 11.7 Å². The van der Waals surface area contributed by atoms with Gasteiger partial charge in [0, 0.05) is 5.38 Å². The fourth-order valence-electron chi connectivity index (χ4n) is 1.62. The second kappa shape index (κ2) is 6.77. The summed E-state index contributed by atoms with van der Waals surface area (Å²) in [6.07, 6.45) is -3.36. The Morgan fingerprint density at radius 1 is 1.26 bits per heavy atom. The summed E-state index contributed by atoms with van der Waals surface area (Å²) in [5.74, 6) is -0.669.